The van der Waals surface area contributed by atoms with Gasteiger partial charge in [0.25, 0.3) is 0 Å². The van der Waals surface area contributed by atoms with Crippen LogP contribution in [0.15, 0.2) is 36.5 Å². The summed E-state index contributed by atoms with van der Waals surface area (Å²) in [6.07, 6.45) is 19.1. The first-order chi connectivity index (χ1) is 10.1. The van der Waals surface area contributed by atoms with E-state index in [0.29, 0.717) is 6.42 Å². The van der Waals surface area contributed by atoms with Crippen LogP contribution in [0.5, 0.6) is 0 Å². The minimum absolute atomic E-state index is 0.292. The van der Waals surface area contributed by atoms with E-state index in [0.717, 1.165) is 38.2 Å². The Hall–Kier alpha value is -1.84. The summed E-state index contributed by atoms with van der Waals surface area (Å²) >= 11 is 0. The van der Waals surface area contributed by atoms with Crippen molar-refractivity contribution < 1.29 is 19.8 Å². The summed E-state index contributed by atoms with van der Waals surface area (Å²) in [6, 6.07) is 0. The van der Waals surface area contributed by atoms with Gasteiger partial charge in [0.05, 0.1) is 0 Å². The monoisotopic (exact) mass is 294 g/mol. The maximum absolute atomic E-state index is 10.3. The summed E-state index contributed by atoms with van der Waals surface area (Å²) in [5.41, 5.74) is 0. The van der Waals surface area contributed by atoms with E-state index in [1.165, 1.54) is 25.3 Å². The smallest absolute Gasteiger partial charge is 0.328 e. The van der Waals surface area contributed by atoms with Crippen LogP contribution < -0.4 is 0 Å². The highest BCUT2D eigenvalue weighted by Crippen LogP contribution is 2.09. The molecule has 0 saturated carbocycles. The van der Waals surface area contributed by atoms with Crippen molar-refractivity contribution in [1.82, 2.24) is 0 Å². The molecule has 0 fully saturated rings. The number of aliphatic carboxylic acids is 2. The van der Waals surface area contributed by atoms with Crippen LogP contribution in [0.1, 0.15) is 57.8 Å². The Balaban J connectivity index is 3.28. The topological polar surface area (TPSA) is 74.6 Å². The lowest BCUT2D eigenvalue weighted by molar-refractivity contribution is -0.137. The Labute approximate surface area is 126 Å². The van der Waals surface area contributed by atoms with E-state index in [1.807, 2.05) is 12.2 Å². The molecule has 21 heavy (non-hydrogen) atoms. The Kier molecular flexibility index (Phi) is 13.3. The van der Waals surface area contributed by atoms with Crippen LogP contribution in [0.4, 0.5) is 0 Å². The minimum Gasteiger partial charge on any atom is -0.481 e. The summed E-state index contributed by atoms with van der Waals surface area (Å²) in [7, 11) is 0. The standard InChI is InChI=1S/C17H26O4/c18-16(19)14-12-10-8-6-4-2-1-3-5-7-9-11-13-15-17(20)21/h4,6,8,10,12,14H,1-3,5,7,9,11,13,15H2,(H,18,19)(H,20,21)/b6-4+,10-8+,14-12+. The third kappa shape index (κ3) is 18.2. The average Bonchev–Trinajstić information content (AvgIpc) is 2.42. The van der Waals surface area contributed by atoms with Gasteiger partial charge in [0.15, 0.2) is 0 Å². The van der Waals surface area contributed by atoms with Gasteiger partial charge in [0.2, 0.25) is 0 Å². The number of rotatable bonds is 13. The van der Waals surface area contributed by atoms with Crippen LogP contribution in [-0.4, -0.2) is 22.2 Å². The zero-order valence-corrected chi connectivity index (χ0v) is 12.5. The summed E-state index contributed by atoms with van der Waals surface area (Å²) in [5, 5.41) is 16.9. The number of carboxylic acid groups (broad SMARTS) is 2. The number of hydrogen-bond acceptors (Lipinski definition) is 2. The fraction of sp³-hybridized carbons (Fsp3) is 0.529. The second kappa shape index (κ2) is 14.6. The van der Waals surface area contributed by atoms with Gasteiger partial charge < -0.3 is 10.2 Å². The molecule has 0 spiro atoms. The molecule has 0 unspecified atom stereocenters. The van der Waals surface area contributed by atoms with Crippen LogP contribution in [0.3, 0.4) is 0 Å². The number of carboxylic acids is 2. The van der Waals surface area contributed by atoms with Gasteiger partial charge in [-0.1, -0.05) is 62.5 Å². The van der Waals surface area contributed by atoms with Crippen molar-refractivity contribution in [2.75, 3.05) is 0 Å². The number of carbonyl (C=O) groups is 2. The second-order valence-electron chi connectivity index (χ2n) is 4.92. The van der Waals surface area contributed by atoms with E-state index in [-0.39, 0.29) is 0 Å². The van der Waals surface area contributed by atoms with Gasteiger partial charge >= 0.3 is 11.9 Å². The second-order valence-corrected chi connectivity index (χ2v) is 4.92. The molecule has 0 aliphatic rings. The number of allylic oxidation sites excluding steroid dienone is 5. The van der Waals surface area contributed by atoms with Gasteiger partial charge in [0, 0.05) is 12.5 Å². The number of unbranched alkanes of at least 4 members (excludes halogenated alkanes) is 7. The maximum atomic E-state index is 10.3. The molecular formula is C17H26O4. The van der Waals surface area contributed by atoms with Crippen molar-refractivity contribution >= 4 is 11.9 Å². The van der Waals surface area contributed by atoms with E-state index in [2.05, 4.69) is 6.08 Å². The fourth-order valence-corrected chi connectivity index (χ4v) is 1.86. The Bertz CT molecular complexity index is 367. The van der Waals surface area contributed by atoms with Crippen molar-refractivity contribution in [2.45, 2.75) is 57.8 Å². The molecule has 4 nitrogen and oxygen atoms in total. The molecule has 2 N–H and O–H groups in total. The van der Waals surface area contributed by atoms with Gasteiger partial charge in [-0.3, -0.25) is 4.79 Å². The Morgan fingerprint density at radius 3 is 1.90 bits per heavy atom. The van der Waals surface area contributed by atoms with E-state index in [9.17, 15) is 9.59 Å². The zero-order valence-electron chi connectivity index (χ0n) is 12.5. The molecule has 118 valence electrons. The molecule has 0 rings (SSSR count). The van der Waals surface area contributed by atoms with Gasteiger partial charge in [-0.05, 0) is 19.3 Å². The first-order valence-corrected chi connectivity index (χ1v) is 7.57. The quantitative estimate of drug-likeness (QED) is 0.301. The molecule has 0 radical (unpaired) electrons. The maximum Gasteiger partial charge on any atom is 0.328 e. The number of hydrogen-bond donors (Lipinski definition) is 2. The average molecular weight is 294 g/mol. The lowest BCUT2D eigenvalue weighted by atomic mass is 10.1. The molecule has 0 aliphatic carbocycles. The lowest BCUT2D eigenvalue weighted by Gasteiger charge is -1.99. The fourth-order valence-electron chi connectivity index (χ4n) is 1.86. The summed E-state index contributed by atoms with van der Waals surface area (Å²) < 4.78 is 0. The first kappa shape index (κ1) is 19.2. The van der Waals surface area contributed by atoms with Gasteiger partial charge in [-0.15, -0.1) is 0 Å². The third-order valence-corrected chi connectivity index (χ3v) is 2.97. The van der Waals surface area contributed by atoms with E-state index < -0.39 is 11.9 Å². The van der Waals surface area contributed by atoms with Crippen molar-refractivity contribution in [2.24, 2.45) is 0 Å². The molecule has 0 bridgehead atoms. The van der Waals surface area contributed by atoms with E-state index >= 15 is 0 Å². The zero-order chi connectivity index (χ0) is 15.8. The molecule has 0 aromatic carbocycles. The van der Waals surface area contributed by atoms with Crippen molar-refractivity contribution in [3.05, 3.63) is 36.5 Å². The van der Waals surface area contributed by atoms with E-state index in [4.69, 9.17) is 10.2 Å². The SMILES string of the molecule is O=C(O)/C=C/C=C/C=C/CCCCCCCCCC(=O)O. The molecule has 0 aromatic rings. The predicted octanol–water partition coefficient (Wildman–Crippen LogP) is 4.34. The Morgan fingerprint density at radius 1 is 0.714 bits per heavy atom. The molecule has 0 amide bonds. The summed E-state index contributed by atoms with van der Waals surface area (Å²) in [4.78, 5) is 20.5. The van der Waals surface area contributed by atoms with Crippen LogP contribution >= 0.6 is 0 Å². The van der Waals surface area contributed by atoms with Crippen molar-refractivity contribution in [1.29, 1.82) is 0 Å². The van der Waals surface area contributed by atoms with Crippen LogP contribution in [0, 0.1) is 0 Å². The molecule has 0 heterocycles. The summed E-state index contributed by atoms with van der Waals surface area (Å²) in [5.74, 6) is -1.64. The van der Waals surface area contributed by atoms with Crippen LogP contribution in [-0.2, 0) is 9.59 Å². The van der Waals surface area contributed by atoms with Crippen molar-refractivity contribution in [3.63, 3.8) is 0 Å². The summed E-state index contributed by atoms with van der Waals surface area (Å²) in [6.45, 7) is 0. The van der Waals surface area contributed by atoms with Gasteiger partial charge in [-0.2, -0.15) is 0 Å². The molecule has 4 heteroatoms. The van der Waals surface area contributed by atoms with Crippen LogP contribution in [0.2, 0.25) is 0 Å². The molecule has 0 saturated heterocycles. The highest BCUT2D eigenvalue weighted by molar-refractivity contribution is 5.80. The Morgan fingerprint density at radius 2 is 1.29 bits per heavy atom. The molecule has 0 atom stereocenters. The lowest BCUT2D eigenvalue weighted by Crippen LogP contribution is -1.93. The van der Waals surface area contributed by atoms with E-state index in [1.54, 1.807) is 6.08 Å². The van der Waals surface area contributed by atoms with Crippen LogP contribution in [0.25, 0.3) is 0 Å². The normalized spacial score (nSPS) is 11.8. The van der Waals surface area contributed by atoms with Gasteiger partial charge in [-0.25, -0.2) is 4.79 Å². The highest BCUT2D eigenvalue weighted by Gasteiger charge is 1.96. The molecule has 0 aromatic heterocycles. The largest absolute Gasteiger partial charge is 0.481 e. The third-order valence-electron chi connectivity index (χ3n) is 2.97. The molecule has 0 aliphatic heterocycles. The first-order valence-electron chi connectivity index (χ1n) is 7.57. The predicted molar refractivity (Wildman–Crippen MR) is 84.2 cm³/mol. The highest BCUT2D eigenvalue weighted by atomic mass is 16.4. The molecular weight excluding hydrogens is 268 g/mol. The van der Waals surface area contributed by atoms with Gasteiger partial charge in [0.1, 0.15) is 0 Å². The van der Waals surface area contributed by atoms with Crippen molar-refractivity contribution in [3.8, 4) is 0 Å². The minimum atomic E-state index is -0.938.